The highest BCUT2D eigenvalue weighted by Gasteiger charge is 2.30. The van der Waals surface area contributed by atoms with E-state index in [1.54, 1.807) is 30.3 Å². The molecule has 0 saturated carbocycles. The summed E-state index contributed by atoms with van der Waals surface area (Å²) in [6, 6.07) is 11.8. The van der Waals surface area contributed by atoms with Gasteiger partial charge in [-0.05, 0) is 24.3 Å². The van der Waals surface area contributed by atoms with Gasteiger partial charge in [0.25, 0.3) is 27.8 Å². The lowest BCUT2D eigenvalue weighted by Crippen LogP contribution is -2.52. The Kier molecular flexibility index (Phi) is 5.45. The van der Waals surface area contributed by atoms with Crippen LogP contribution in [-0.2, 0) is 24.5 Å². The van der Waals surface area contributed by atoms with E-state index in [1.807, 2.05) is 10.6 Å². The molecule has 5 amide bonds. The van der Waals surface area contributed by atoms with E-state index >= 15 is 0 Å². The number of aromatic nitrogens is 1. The maximum absolute atomic E-state index is 12.9. The van der Waals surface area contributed by atoms with Gasteiger partial charge in [-0.3, -0.25) is 29.6 Å². The van der Waals surface area contributed by atoms with Gasteiger partial charge in [-0.15, -0.1) is 0 Å². The number of aromatic amines is 1. The molecule has 4 rings (SSSR count). The number of amides is 5. The van der Waals surface area contributed by atoms with Gasteiger partial charge in [-0.1, -0.05) is 24.3 Å². The van der Waals surface area contributed by atoms with Crippen molar-refractivity contribution >= 4 is 61.5 Å². The standard InChI is InChI=1S/C21H13N5O7S/c22-9-14(18(27)23-10-5-7-11(8-6-10)34(31,32)33)16-12-3-1-2-4-13(12)17(24-16)15-19(28)25-21(30)26-20(15)29/h1-8,24H,(H,23,27)(H,31,32,33)(H2,25,26,28,29,30)/b16-14+. The number of rotatable bonds is 3. The fourth-order valence-electron chi connectivity index (χ4n) is 3.39. The van der Waals surface area contributed by atoms with Crippen LogP contribution in [0.2, 0.25) is 0 Å². The second kappa shape index (κ2) is 8.28. The maximum atomic E-state index is 12.9. The Bertz CT molecular complexity index is 1660. The minimum absolute atomic E-state index is 0.00570. The normalized spacial score (nSPS) is 14.8. The molecule has 3 aromatic rings. The van der Waals surface area contributed by atoms with Crippen LogP contribution in [0.4, 0.5) is 10.5 Å². The first-order chi connectivity index (χ1) is 16.1. The van der Waals surface area contributed by atoms with Crippen molar-refractivity contribution in [3.05, 3.63) is 59.2 Å². The zero-order valence-corrected chi connectivity index (χ0v) is 17.7. The molecular formula is C21H13N5O7S. The van der Waals surface area contributed by atoms with E-state index in [2.05, 4.69) is 10.3 Å². The largest absolute Gasteiger partial charge is 0.352 e. The molecule has 5 N–H and O–H groups in total. The highest BCUT2D eigenvalue weighted by molar-refractivity contribution is 7.85. The molecule has 0 bridgehead atoms. The molecular weight excluding hydrogens is 466 g/mol. The SMILES string of the molecule is N#C/C(C(=O)Nc1ccc(S(=O)(=O)O)cc1)=c1\[nH]c(=C2C(=O)NC(=O)NC2=O)c2ccccc12. The number of carbonyl (C=O) groups is 4. The zero-order valence-electron chi connectivity index (χ0n) is 16.9. The Morgan fingerprint density at radius 1 is 0.941 bits per heavy atom. The van der Waals surface area contributed by atoms with Crippen LogP contribution in [-0.4, -0.2) is 41.7 Å². The minimum Gasteiger partial charge on any atom is -0.352 e. The van der Waals surface area contributed by atoms with Gasteiger partial charge in [0, 0.05) is 16.5 Å². The van der Waals surface area contributed by atoms with Gasteiger partial charge in [0.05, 0.1) is 15.6 Å². The lowest BCUT2D eigenvalue weighted by Gasteiger charge is -2.13. The summed E-state index contributed by atoms with van der Waals surface area (Å²) in [7, 11) is -4.42. The Morgan fingerprint density at radius 2 is 1.53 bits per heavy atom. The van der Waals surface area contributed by atoms with Crippen LogP contribution in [0.1, 0.15) is 0 Å². The van der Waals surface area contributed by atoms with E-state index in [0.29, 0.717) is 10.8 Å². The van der Waals surface area contributed by atoms with Crippen molar-refractivity contribution in [3.8, 4) is 6.07 Å². The molecule has 34 heavy (non-hydrogen) atoms. The minimum atomic E-state index is -4.42. The summed E-state index contributed by atoms with van der Waals surface area (Å²) >= 11 is 0. The second-order valence-electron chi connectivity index (χ2n) is 6.97. The number of nitriles is 1. The number of anilines is 1. The molecule has 170 valence electrons. The molecule has 12 nitrogen and oxygen atoms in total. The van der Waals surface area contributed by atoms with Crippen molar-refractivity contribution in [2.45, 2.75) is 4.90 Å². The van der Waals surface area contributed by atoms with Gasteiger partial charge in [0.1, 0.15) is 17.2 Å². The molecule has 1 aliphatic heterocycles. The molecule has 1 fully saturated rings. The van der Waals surface area contributed by atoms with Crippen molar-refractivity contribution in [1.29, 1.82) is 5.26 Å². The van der Waals surface area contributed by atoms with Gasteiger partial charge in [-0.2, -0.15) is 13.7 Å². The lowest BCUT2D eigenvalue weighted by molar-refractivity contribution is -0.121. The summed E-state index contributed by atoms with van der Waals surface area (Å²) in [5.41, 5.74) is -0.657. The molecule has 1 aromatic heterocycles. The summed E-state index contributed by atoms with van der Waals surface area (Å²) in [5, 5.41) is 16.8. The Balaban J connectivity index is 1.88. The summed E-state index contributed by atoms with van der Waals surface area (Å²) in [5.74, 6) is -2.76. The maximum Gasteiger partial charge on any atom is 0.328 e. The molecule has 0 aliphatic carbocycles. The third-order valence-electron chi connectivity index (χ3n) is 4.87. The molecule has 2 heterocycles. The predicted octanol–water partition coefficient (Wildman–Crippen LogP) is -0.756. The van der Waals surface area contributed by atoms with Crippen molar-refractivity contribution in [2.24, 2.45) is 0 Å². The van der Waals surface area contributed by atoms with Crippen molar-refractivity contribution in [3.63, 3.8) is 0 Å². The number of barbiturate groups is 1. The number of hydrogen-bond donors (Lipinski definition) is 5. The number of benzene rings is 2. The van der Waals surface area contributed by atoms with Crippen LogP contribution in [0.15, 0.2) is 53.4 Å². The van der Waals surface area contributed by atoms with Crippen LogP contribution in [0.5, 0.6) is 0 Å². The first-order valence-corrected chi connectivity index (χ1v) is 10.8. The molecule has 2 aromatic carbocycles. The lowest BCUT2D eigenvalue weighted by atomic mass is 10.1. The molecule has 0 spiro atoms. The Hall–Kier alpha value is -4.80. The quantitative estimate of drug-likeness (QED) is 0.302. The number of nitrogens with one attached hydrogen (secondary N) is 4. The zero-order chi connectivity index (χ0) is 24.6. The van der Waals surface area contributed by atoms with Crippen LogP contribution < -0.4 is 26.6 Å². The van der Waals surface area contributed by atoms with Crippen molar-refractivity contribution in [2.75, 3.05) is 5.32 Å². The fraction of sp³-hybridized carbons (Fsp3) is 0. The average Bonchev–Trinajstić information content (AvgIpc) is 3.12. The number of carbonyl (C=O) groups excluding carboxylic acids is 4. The van der Waals surface area contributed by atoms with E-state index in [1.165, 1.54) is 12.1 Å². The van der Waals surface area contributed by atoms with Gasteiger partial charge < -0.3 is 10.3 Å². The highest BCUT2D eigenvalue weighted by atomic mass is 32.2. The van der Waals surface area contributed by atoms with E-state index in [9.17, 15) is 32.9 Å². The first-order valence-electron chi connectivity index (χ1n) is 9.41. The molecule has 0 unspecified atom stereocenters. The molecule has 1 saturated heterocycles. The summed E-state index contributed by atoms with van der Waals surface area (Å²) in [6.07, 6.45) is 0. The smallest absolute Gasteiger partial charge is 0.328 e. The number of urea groups is 1. The fourth-order valence-corrected chi connectivity index (χ4v) is 3.87. The molecule has 13 heteroatoms. The Morgan fingerprint density at radius 3 is 2.09 bits per heavy atom. The van der Waals surface area contributed by atoms with E-state index in [0.717, 1.165) is 12.1 Å². The number of imide groups is 2. The van der Waals surface area contributed by atoms with Crippen LogP contribution in [0.3, 0.4) is 0 Å². The number of hydrogen-bond acceptors (Lipinski definition) is 7. The predicted molar refractivity (Wildman–Crippen MR) is 117 cm³/mol. The average molecular weight is 479 g/mol. The second-order valence-corrected chi connectivity index (χ2v) is 8.39. The number of H-pyrrole nitrogens is 1. The third-order valence-corrected chi connectivity index (χ3v) is 5.74. The van der Waals surface area contributed by atoms with Crippen LogP contribution in [0.25, 0.3) is 21.9 Å². The molecule has 0 atom stereocenters. The van der Waals surface area contributed by atoms with Crippen molar-refractivity contribution in [1.82, 2.24) is 15.6 Å². The summed E-state index contributed by atoms with van der Waals surface area (Å²) in [4.78, 5) is 51.3. The topological polar surface area (TPSA) is 198 Å². The van der Waals surface area contributed by atoms with E-state index in [4.69, 9.17) is 4.55 Å². The van der Waals surface area contributed by atoms with E-state index < -0.39 is 45.0 Å². The number of nitrogens with zero attached hydrogens (tertiary/aromatic N) is 1. The monoisotopic (exact) mass is 479 g/mol. The van der Waals surface area contributed by atoms with Crippen LogP contribution >= 0.6 is 0 Å². The highest BCUT2D eigenvalue weighted by Crippen LogP contribution is 2.15. The van der Waals surface area contributed by atoms with Gasteiger partial charge in [0.15, 0.2) is 0 Å². The molecule has 0 radical (unpaired) electrons. The molecule has 1 aliphatic rings. The summed E-state index contributed by atoms with van der Waals surface area (Å²) in [6.45, 7) is 0. The third kappa shape index (κ3) is 4.01. The van der Waals surface area contributed by atoms with Crippen molar-refractivity contribution < 1.29 is 32.1 Å². The van der Waals surface area contributed by atoms with Gasteiger partial charge in [-0.25, -0.2) is 4.79 Å². The summed E-state index contributed by atoms with van der Waals surface area (Å²) < 4.78 is 31.4. The van der Waals surface area contributed by atoms with Gasteiger partial charge >= 0.3 is 6.03 Å². The Labute approximate surface area is 190 Å². The first kappa shape index (κ1) is 22.4. The number of fused-ring (bicyclic) bond motifs is 1. The van der Waals surface area contributed by atoms with E-state index in [-0.39, 0.29) is 21.3 Å². The van der Waals surface area contributed by atoms with Gasteiger partial charge in [0.2, 0.25) is 0 Å². The van der Waals surface area contributed by atoms with Crippen LogP contribution in [0, 0.1) is 11.3 Å².